The lowest BCUT2D eigenvalue weighted by Crippen LogP contribution is -2.29. The summed E-state index contributed by atoms with van der Waals surface area (Å²) in [6.45, 7) is 2.02. The van der Waals surface area contributed by atoms with E-state index in [1.807, 2.05) is 49.4 Å². The van der Waals surface area contributed by atoms with E-state index in [2.05, 4.69) is 22.2 Å². The second-order valence-corrected chi connectivity index (χ2v) is 5.63. The molecule has 0 saturated carbocycles. The van der Waals surface area contributed by atoms with Gasteiger partial charge in [-0.15, -0.1) is 0 Å². The first-order valence-corrected chi connectivity index (χ1v) is 8.12. The van der Waals surface area contributed by atoms with E-state index in [-0.39, 0.29) is 0 Å². The maximum absolute atomic E-state index is 10.4. The Bertz CT molecular complexity index is 727. The summed E-state index contributed by atoms with van der Waals surface area (Å²) >= 11 is 0. The van der Waals surface area contributed by atoms with Gasteiger partial charge in [-0.1, -0.05) is 55.8 Å². The Morgan fingerprint density at radius 1 is 1.04 bits per heavy atom. The van der Waals surface area contributed by atoms with E-state index in [9.17, 15) is 5.11 Å². The molecule has 5 heteroatoms. The largest absolute Gasteiger partial charge is 0.466 e. The van der Waals surface area contributed by atoms with Crippen LogP contribution in [0.5, 0.6) is 5.75 Å². The fraction of sp³-hybridized carbons (Fsp3) is 0.263. The maximum Gasteiger partial charge on any atom is 0.218 e. The number of rotatable bonds is 7. The summed E-state index contributed by atoms with van der Waals surface area (Å²) < 4.78 is 7.52. The van der Waals surface area contributed by atoms with Crippen LogP contribution < -0.4 is 4.74 Å². The zero-order valence-corrected chi connectivity index (χ0v) is 13.6. The molecule has 2 unspecified atom stereocenters. The third-order valence-electron chi connectivity index (χ3n) is 3.83. The molecule has 1 N–H and O–H groups in total. The fourth-order valence-corrected chi connectivity index (χ4v) is 2.59. The van der Waals surface area contributed by atoms with Gasteiger partial charge in [0.15, 0.2) is 0 Å². The molecule has 1 heterocycles. The molecule has 2 atom stereocenters. The Balaban J connectivity index is 1.77. The second-order valence-electron chi connectivity index (χ2n) is 5.63. The zero-order valence-electron chi connectivity index (χ0n) is 13.6. The smallest absolute Gasteiger partial charge is 0.218 e. The number of nitrogens with zero attached hydrogens (tertiary/aromatic N) is 3. The van der Waals surface area contributed by atoms with E-state index in [1.165, 1.54) is 6.33 Å². The highest BCUT2D eigenvalue weighted by atomic mass is 16.5. The molecule has 24 heavy (non-hydrogen) atoms. The van der Waals surface area contributed by atoms with Crippen molar-refractivity contribution in [1.82, 2.24) is 14.8 Å². The van der Waals surface area contributed by atoms with Crippen LogP contribution in [0.1, 0.15) is 26.0 Å². The van der Waals surface area contributed by atoms with E-state index < -0.39 is 12.3 Å². The van der Waals surface area contributed by atoms with E-state index in [0.717, 1.165) is 17.5 Å². The normalized spacial score (nSPS) is 13.4. The van der Waals surface area contributed by atoms with Crippen molar-refractivity contribution < 1.29 is 9.84 Å². The summed E-state index contributed by atoms with van der Waals surface area (Å²) in [7, 11) is 0. The van der Waals surface area contributed by atoms with Gasteiger partial charge in [0.2, 0.25) is 6.23 Å². The van der Waals surface area contributed by atoms with Gasteiger partial charge in [-0.3, -0.25) is 0 Å². The number of benzene rings is 2. The average Bonchev–Trinajstić information content (AvgIpc) is 3.15. The molecule has 3 rings (SSSR count). The maximum atomic E-state index is 10.4. The van der Waals surface area contributed by atoms with Gasteiger partial charge in [-0.05, 0) is 29.7 Å². The summed E-state index contributed by atoms with van der Waals surface area (Å²) in [5.41, 5.74) is 2.28. The van der Waals surface area contributed by atoms with Crippen LogP contribution in [0.25, 0.3) is 11.1 Å². The molecule has 0 saturated heterocycles. The lowest BCUT2D eigenvalue weighted by Gasteiger charge is -2.24. The minimum absolute atomic E-state index is 0.588. The Hall–Kier alpha value is -2.66. The van der Waals surface area contributed by atoms with Crippen molar-refractivity contribution in [2.24, 2.45) is 0 Å². The van der Waals surface area contributed by atoms with Crippen molar-refractivity contribution in [2.75, 3.05) is 0 Å². The quantitative estimate of drug-likeness (QED) is 0.720. The van der Waals surface area contributed by atoms with Gasteiger partial charge in [-0.25, -0.2) is 9.67 Å². The number of hydrogen-bond acceptors (Lipinski definition) is 4. The van der Waals surface area contributed by atoms with Crippen LogP contribution >= 0.6 is 0 Å². The number of aromatic nitrogens is 3. The van der Waals surface area contributed by atoms with Crippen molar-refractivity contribution in [3.63, 3.8) is 0 Å². The SMILES string of the molecule is CCCC(O)C(Oc1ccc(-c2ccccc2)cc1)n1cncn1. The third-order valence-corrected chi connectivity index (χ3v) is 3.83. The highest BCUT2D eigenvalue weighted by Gasteiger charge is 2.23. The minimum Gasteiger partial charge on any atom is -0.466 e. The first-order chi connectivity index (χ1) is 11.8. The monoisotopic (exact) mass is 323 g/mol. The molecule has 0 amide bonds. The molecule has 124 valence electrons. The minimum atomic E-state index is -0.648. The molecule has 0 fully saturated rings. The van der Waals surface area contributed by atoms with Crippen LogP contribution in [0, 0.1) is 0 Å². The molecule has 0 aliphatic heterocycles. The van der Waals surface area contributed by atoms with Gasteiger partial charge >= 0.3 is 0 Å². The molecule has 0 bridgehead atoms. The van der Waals surface area contributed by atoms with Gasteiger partial charge in [0.1, 0.15) is 24.5 Å². The van der Waals surface area contributed by atoms with Gasteiger partial charge in [-0.2, -0.15) is 5.10 Å². The van der Waals surface area contributed by atoms with Crippen LogP contribution in [0.4, 0.5) is 0 Å². The first-order valence-electron chi connectivity index (χ1n) is 8.12. The summed E-state index contributed by atoms with van der Waals surface area (Å²) in [6, 6.07) is 18.0. The summed E-state index contributed by atoms with van der Waals surface area (Å²) in [4.78, 5) is 3.94. The molecule has 0 aliphatic carbocycles. The number of aliphatic hydroxyl groups is 1. The molecule has 0 radical (unpaired) electrons. The van der Waals surface area contributed by atoms with Crippen molar-refractivity contribution >= 4 is 0 Å². The van der Waals surface area contributed by atoms with Crippen LogP contribution in [-0.4, -0.2) is 26.0 Å². The van der Waals surface area contributed by atoms with E-state index in [0.29, 0.717) is 12.2 Å². The van der Waals surface area contributed by atoms with E-state index in [1.54, 1.807) is 11.0 Å². The predicted molar refractivity (Wildman–Crippen MR) is 92.5 cm³/mol. The lowest BCUT2D eigenvalue weighted by molar-refractivity contribution is -0.0219. The van der Waals surface area contributed by atoms with Gasteiger partial charge in [0.05, 0.1) is 0 Å². The van der Waals surface area contributed by atoms with Crippen molar-refractivity contribution in [3.05, 3.63) is 67.3 Å². The molecule has 1 aromatic heterocycles. The topological polar surface area (TPSA) is 60.2 Å². The molecular formula is C19H21N3O2. The van der Waals surface area contributed by atoms with E-state index >= 15 is 0 Å². The molecular weight excluding hydrogens is 302 g/mol. The van der Waals surface area contributed by atoms with Crippen LogP contribution in [0.15, 0.2) is 67.3 Å². The summed E-state index contributed by atoms with van der Waals surface area (Å²) in [5.74, 6) is 0.685. The molecule has 5 nitrogen and oxygen atoms in total. The Labute approximate surface area is 141 Å². The van der Waals surface area contributed by atoms with Gasteiger partial charge < -0.3 is 9.84 Å². The summed E-state index contributed by atoms with van der Waals surface area (Å²) in [6.07, 6.45) is 3.26. The Kier molecular flexibility index (Phi) is 5.23. The Morgan fingerprint density at radius 3 is 2.38 bits per heavy atom. The Morgan fingerprint density at radius 2 is 1.75 bits per heavy atom. The average molecular weight is 323 g/mol. The van der Waals surface area contributed by atoms with Crippen molar-refractivity contribution in [3.8, 4) is 16.9 Å². The number of aliphatic hydroxyl groups excluding tert-OH is 1. The molecule has 2 aromatic carbocycles. The first kappa shape index (κ1) is 16.2. The standard InChI is InChI=1S/C19H21N3O2/c1-2-6-18(23)19(22-14-20-13-21-22)24-17-11-9-16(10-12-17)15-7-4-3-5-8-15/h3-5,7-14,18-19,23H,2,6H2,1H3. The molecule has 3 aromatic rings. The third kappa shape index (κ3) is 3.81. The second kappa shape index (κ2) is 7.75. The number of hydrogen-bond donors (Lipinski definition) is 1. The lowest BCUT2D eigenvalue weighted by atomic mass is 10.1. The predicted octanol–water partition coefficient (Wildman–Crippen LogP) is 3.68. The molecule has 0 spiro atoms. The van der Waals surface area contributed by atoms with E-state index in [4.69, 9.17) is 4.74 Å². The fourth-order valence-electron chi connectivity index (χ4n) is 2.59. The molecule has 0 aliphatic rings. The van der Waals surface area contributed by atoms with Gasteiger partial charge in [0, 0.05) is 0 Å². The highest BCUT2D eigenvalue weighted by molar-refractivity contribution is 5.63. The van der Waals surface area contributed by atoms with Crippen LogP contribution in [-0.2, 0) is 0 Å². The van der Waals surface area contributed by atoms with Crippen molar-refractivity contribution in [2.45, 2.75) is 32.1 Å². The van der Waals surface area contributed by atoms with Gasteiger partial charge in [0.25, 0.3) is 0 Å². The number of ether oxygens (including phenoxy) is 1. The van der Waals surface area contributed by atoms with Crippen LogP contribution in [0.3, 0.4) is 0 Å². The highest BCUT2D eigenvalue weighted by Crippen LogP contribution is 2.25. The van der Waals surface area contributed by atoms with Crippen LogP contribution in [0.2, 0.25) is 0 Å². The summed E-state index contributed by atoms with van der Waals surface area (Å²) in [5, 5.41) is 14.5. The van der Waals surface area contributed by atoms with Crippen molar-refractivity contribution in [1.29, 1.82) is 0 Å². The zero-order chi connectivity index (χ0) is 16.8.